The molecular formula is C36H70O12. The number of rotatable bonds is 12. The van der Waals surface area contributed by atoms with Gasteiger partial charge in [-0.3, -0.25) is 19.2 Å². The van der Waals surface area contributed by atoms with Gasteiger partial charge in [0.25, 0.3) is 0 Å². The highest BCUT2D eigenvalue weighted by molar-refractivity contribution is 5.83. The normalized spacial score (nSPS) is 13.1. The van der Waals surface area contributed by atoms with Crippen LogP contribution in [0.3, 0.4) is 0 Å². The number of ketones is 4. The average Bonchev–Trinajstić information content (AvgIpc) is 2.83. The molecule has 0 aromatic rings. The maximum atomic E-state index is 11.2. The molecular weight excluding hydrogens is 624 g/mol. The third kappa shape index (κ3) is 47.9. The smallest absolute Gasteiger partial charge is 0.335 e. The van der Waals surface area contributed by atoms with Crippen molar-refractivity contribution in [2.24, 2.45) is 0 Å². The number of Topliss-reactive ketones (excluding diaryl/α,β-unsaturated/α-hetero) is 4. The van der Waals surface area contributed by atoms with E-state index in [9.17, 15) is 28.8 Å². The Morgan fingerprint density at radius 1 is 0.479 bits per heavy atom. The lowest BCUT2D eigenvalue weighted by molar-refractivity contribution is -0.165. The van der Waals surface area contributed by atoms with Crippen LogP contribution >= 0.6 is 0 Å². The number of hydrogen-bond acceptors (Lipinski definition) is 12. The molecule has 12 heteroatoms. The van der Waals surface area contributed by atoms with Crippen LogP contribution in [0.25, 0.3) is 0 Å². The lowest BCUT2D eigenvalue weighted by Gasteiger charge is -2.23. The molecule has 3 unspecified atom stereocenters. The van der Waals surface area contributed by atoms with E-state index in [2.05, 4.69) is 0 Å². The van der Waals surface area contributed by atoms with Crippen LogP contribution in [0.5, 0.6) is 0 Å². The molecule has 3 atom stereocenters. The second-order valence-electron chi connectivity index (χ2n) is 14.9. The van der Waals surface area contributed by atoms with E-state index in [1.54, 1.807) is 13.8 Å². The summed E-state index contributed by atoms with van der Waals surface area (Å²) in [5.41, 5.74) is -1.18. The second-order valence-corrected chi connectivity index (χ2v) is 14.9. The van der Waals surface area contributed by atoms with Crippen molar-refractivity contribution >= 4 is 35.1 Å². The minimum absolute atomic E-state index is 0. The molecule has 0 amide bonds. The molecule has 0 aromatic heterocycles. The van der Waals surface area contributed by atoms with E-state index >= 15 is 0 Å². The third-order valence-electron chi connectivity index (χ3n) is 4.59. The van der Waals surface area contributed by atoms with E-state index < -0.39 is 29.7 Å². The minimum atomic E-state index is -0.689. The van der Waals surface area contributed by atoms with Gasteiger partial charge in [-0.1, -0.05) is 7.43 Å². The summed E-state index contributed by atoms with van der Waals surface area (Å²) in [6, 6.07) is 0. The van der Waals surface area contributed by atoms with E-state index in [1.807, 2.05) is 83.1 Å². The SMILES string of the molecule is C.CC(=O)C(C)OC(=O)COC(C)(C)C.CC(=O)C(C)OC(C)(C)C.CC(=O)COC(=O)C(C)OC(C)(C)C.CC(=O)COC(C)(C)C. The largest absolute Gasteiger partial charge is 0.456 e. The molecule has 0 N–H and O–H groups in total. The molecule has 0 radical (unpaired) electrons. The summed E-state index contributed by atoms with van der Waals surface area (Å²) in [5, 5.41) is 0. The Kier molecular flexibility index (Phi) is 29.1. The minimum Gasteiger partial charge on any atom is -0.456 e. The lowest BCUT2D eigenvalue weighted by atomic mass is 10.1. The van der Waals surface area contributed by atoms with E-state index in [0.717, 1.165) is 0 Å². The Hall–Kier alpha value is -2.54. The van der Waals surface area contributed by atoms with Gasteiger partial charge in [0.2, 0.25) is 0 Å². The van der Waals surface area contributed by atoms with Gasteiger partial charge in [0, 0.05) is 0 Å². The fraction of sp³-hybridized carbons (Fsp3) is 0.833. The number of esters is 2. The van der Waals surface area contributed by atoms with Gasteiger partial charge in [0.1, 0.15) is 25.9 Å². The van der Waals surface area contributed by atoms with Crippen molar-refractivity contribution in [3.63, 3.8) is 0 Å². The van der Waals surface area contributed by atoms with E-state index in [-0.39, 0.29) is 73.3 Å². The Morgan fingerprint density at radius 3 is 1.06 bits per heavy atom. The van der Waals surface area contributed by atoms with Crippen LogP contribution in [-0.2, 0) is 57.2 Å². The highest BCUT2D eigenvalue weighted by atomic mass is 16.6. The highest BCUT2D eigenvalue weighted by Gasteiger charge is 2.22. The number of ether oxygens (including phenoxy) is 6. The lowest BCUT2D eigenvalue weighted by Crippen LogP contribution is -2.33. The first-order valence-corrected chi connectivity index (χ1v) is 15.7. The molecule has 0 rings (SSSR count). The van der Waals surface area contributed by atoms with Gasteiger partial charge in [0.05, 0.1) is 22.4 Å². The van der Waals surface area contributed by atoms with Gasteiger partial charge in [-0.25, -0.2) is 9.59 Å². The summed E-state index contributed by atoms with van der Waals surface area (Å²) in [6.07, 6.45) is -1.61. The van der Waals surface area contributed by atoms with Crippen LogP contribution < -0.4 is 0 Å². The Labute approximate surface area is 291 Å². The zero-order chi connectivity index (χ0) is 38.6. The fourth-order valence-electron chi connectivity index (χ4n) is 2.39. The Bertz CT molecular complexity index is 957. The van der Waals surface area contributed by atoms with Gasteiger partial charge in [-0.15, -0.1) is 0 Å². The summed E-state index contributed by atoms with van der Waals surface area (Å²) in [5.74, 6) is -1.21. The zero-order valence-electron chi connectivity index (χ0n) is 32.8. The van der Waals surface area contributed by atoms with Crippen molar-refractivity contribution in [2.75, 3.05) is 19.8 Å². The molecule has 0 saturated heterocycles. The topological polar surface area (TPSA) is 158 Å². The zero-order valence-corrected chi connectivity index (χ0v) is 32.8. The monoisotopic (exact) mass is 694 g/mol. The first-order chi connectivity index (χ1) is 20.7. The Balaban J connectivity index is -0.000000173. The first-order valence-electron chi connectivity index (χ1n) is 15.7. The molecule has 0 aliphatic carbocycles. The highest BCUT2D eigenvalue weighted by Crippen LogP contribution is 2.12. The predicted octanol–water partition coefficient (Wildman–Crippen LogP) is 6.45. The first kappa shape index (κ1) is 54.9. The van der Waals surface area contributed by atoms with Gasteiger partial charge >= 0.3 is 11.9 Å². The average molecular weight is 695 g/mol. The van der Waals surface area contributed by atoms with Crippen molar-refractivity contribution in [1.82, 2.24) is 0 Å². The molecule has 0 aliphatic rings. The van der Waals surface area contributed by atoms with Crippen LogP contribution in [-0.4, -0.2) is 95.6 Å². The quantitative estimate of drug-likeness (QED) is 0.206. The predicted molar refractivity (Wildman–Crippen MR) is 188 cm³/mol. The van der Waals surface area contributed by atoms with Gasteiger partial charge in [-0.2, -0.15) is 0 Å². The summed E-state index contributed by atoms with van der Waals surface area (Å²) in [7, 11) is 0. The van der Waals surface area contributed by atoms with Gasteiger partial charge in [0.15, 0.2) is 35.3 Å². The summed E-state index contributed by atoms with van der Waals surface area (Å²) in [6.45, 7) is 33.3. The van der Waals surface area contributed by atoms with Crippen molar-refractivity contribution < 1.29 is 57.2 Å². The maximum Gasteiger partial charge on any atom is 0.335 e. The molecule has 0 aromatic carbocycles. The maximum absolute atomic E-state index is 11.2. The standard InChI is InChI=1S/2C10H18O4.C8H16O2.C7H14O2.CH4/c1-7(11)8(2)14-9(12)6-13-10(3,4)5;1-7(11)6-13-9(12)8(2)14-10(3,4)5;1-6(9)7(2)10-8(3,4)5;1-6(8)5-9-7(2,3)4;/h2*8H,6H2,1-5H3;7H,1-5H3;5H2,1-4H3;1H4. The molecule has 0 bridgehead atoms. The van der Waals surface area contributed by atoms with E-state index in [0.29, 0.717) is 0 Å². The second kappa shape index (κ2) is 25.4. The third-order valence-corrected chi connectivity index (χ3v) is 4.59. The molecule has 0 heterocycles. The molecule has 48 heavy (non-hydrogen) atoms. The van der Waals surface area contributed by atoms with Crippen LogP contribution in [0.1, 0.15) is 139 Å². The fourth-order valence-corrected chi connectivity index (χ4v) is 2.39. The summed E-state index contributed by atoms with van der Waals surface area (Å²) >= 11 is 0. The van der Waals surface area contributed by atoms with Crippen LogP contribution in [0.15, 0.2) is 0 Å². The van der Waals surface area contributed by atoms with Crippen molar-refractivity contribution in [1.29, 1.82) is 0 Å². The van der Waals surface area contributed by atoms with E-state index in [4.69, 9.17) is 28.4 Å². The Morgan fingerprint density at radius 2 is 0.812 bits per heavy atom. The van der Waals surface area contributed by atoms with Crippen molar-refractivity contribution in [3.8, 4) is 0 Å². The van der Waals surface area contributed by atoms with Gasteiger partial charge in [-0.05, 0) is 132 Å². The number of hydrogen-bond donors (Lipinski definition) is 0. The van der Waals surface area contributed by atoms with Crippen molar-refractivity contribution in [3.05, 3.63) is 0 Å². The molecule has 0 aliphatic heterocycles. The molecule has 0 spiro atoms. The molecule has 0 saturated carbocycles. The van der Waals surface area contributed by atoms with Crippen LogP contribution in [0.4, 0.5) is 0 Å². The molecule has 12 nitrogen and oxygen atoms in total. The summed E-state index contributed by atoms with van der Waals surface area (Å²) in [4.78, 5) is 64.7. The molecule has 0 fully saturated rings. The molecule has 286 valence electrons. The van der Waals surface area contributed by atoms with Crippen LogP contribution in [0, 0.1) is 0 Å². The van der Waals surface area contributed by atoms with Crippen LogP contribution in [0.2, 0.25) is 0 Å². The van der Waals surface area contributed by atoms with Gasteiger partial charge < -0.3 is 28.4 Å². The van der Waals surface area contributed by atoms with E-state index in [1.165, 1.54) is 34.6 Å². The summed E-state index contributed by atoms with van der Waals surface area (Å²) < 4.78 is 30.5. The number of carbonyl (C=O) groups is 6. The number of carbonyl (C=O) groups excluding carboxylic acids is 6. The van der Waals surface area contributed by atoms with Crippen molar-refractivity contribution in [2.45, 2.75) is 180 Å².